The molecule has 0 aliphatic heterocycles. The molecule has 0 radical (unpaired) electrons. The molecule has 7 nitrogen and oxygen atoms in total. The highest BCUT2D eigenvalue weighted by Gasteiger charge is 2.28. The molecule has 1 amide bonds. The largest absolute Gasteiger partial charge is 0.480 e. The summed E-state index contributed by atoms with van der Waals surface area (Å²) in [6.07, 6.45) is -4.44. The number of rotatable bonds is 6. The minimum Gasteiger partial charge on any atom is -0.480 e. The lowest BCUT2D eigenvalue weighted by Gasteiger charge is -2.08. The van der Waals surface area contributed by atoms with E-state index in [0.29, 0.717) is 16.5 Å². The van der Waals surface area contributed by atoms with Crippen molar-refractivity contribution < 1.29 is 27.4 Å². The first-order valence-corrected chi connectivity index (χ1v) is 6.96. The average Bonchev–Trinajstić information content (AvgIpc) is 3.00. The molecular weight excluding hydrogens is 337 g/mol. The van der Waals surface area contributed by atoms with Crippen molar-refractivity contribution in [3.63, 3.8) is 0 Å². The van der Waals surface area contributed by atoms with E-state index in [2.05, 4.69) is 24.6 Å². The topological polar surface area (TPSA) is 86.2 Å². The van der Waals surface area contributed by atoms with Crippen LogP contribution in [0.5, 0.6) is 11.8 Å². The second-order valence-corrected chi connectivity index (χ2v) is 4.99. The number of ether oxygens (including phenoxy) is 2. The van der Waals surface area contributed by atoms with Gasteiger partial charge in [-0.05, 0) is 17.6 Å². The molecule has 2 rings (SSSR count). The van der Waals surface area contributed by atoms with Gasteiger partial charge in [-0.15, -0.1) is 5.10 Å². The second-order valence-electron chi connectivity index (χ2n) is 4.18. The second kappa shape index (κ2) is 7.22. The van der Waals surface area contributed by atoms with E-state index in [4.69, 9.17) is 4.74 Å². The van der Waals surface area contributed by atoms with Crippen LogP contribution in [0, 0.1) is 0 Å². The third kappa shape index (κ3) is 5.36. The number of amides is 1. The quantitative estimate of drug-likeness (QED) is 0.857. The molecule has 124 valence electrons. The molecule has 0 bridgehead atoms. The van der Waals surface area contributed by atoms with Crippen LogP contribution in [0.25, 0.3) is 0 Å². The van der Waals surface area contributed by atoms with E-state index < -0.39 is 12.8 Å². The fourth-order valence-corrected chi connectivity index (χ4v) is 2.02. The Morgan fingerprint density at radius 2 is 2.09 bits per heavy atom. The monoisotopic (exact) mass is 348 g/mol. The highest BCUT2D eigenvalue weighted by molar-refractivity contribution is 7.08. The molecule has 0 aliphatic carbocycles. The van der Waals surface area contributed by atoms with Gasteiger partial charge < -0.3 is 14.8 Å². The zero-order valence-electron chi connectivity index (χ0n) is 11.8. The zero-order valence-corrected chi connectivity index (χ0v) is 12.6. The zero-order chi connectivity index (χ0) is 16.9. The first-order chi connectivity index (χ1) is 10.9. The molecule has 2 aromatic rings. The summed E-state index contributed by atoms with van der Waals surface area (Å²) in [4.78, 5) is 12.2. The summed E-state index contributed by atoms with van der Waals surface area (Å²) in [6, 6.07) is 4.14. The van der Waals surface area contributed by atoms with Crippen LogP contribution in [0.15, 0.2) is 18.2 Å². The molecule has 11 heteroatoms. The number of carbonyl (C=O) groups excluding carboxylic acids is 1. The SMILES string of the molecule is COc1cc(C(=O)NCc2ccc(OCC(F)(F)F)nn2)sn1. The molecule has 0 aliphatic rings. The van der Waals surface area contributed by atoms with Gasteiger partial charge in [0, 0.05) is 12.1 Å². The van der Waals surface area contributed by atoms with Gasteiger partial charge in [0.2, 0.25) is 11.8 Å². The van der Waals surface area contributed by atoms with Gasteiger partial charge in [-0.3, -0.25) is 4.79 Å². The van der Waals surface area contributed by atoms with Gasteiger partial charge in [0.15, 0.2) is 6.61 Å². The highest BCUT2D eigenvalue weighted by Crippen LogP contribution is 2.17. The Kier molecular flexibility index (Phi) is 5.32. The lowest BCUT2D eigenvalue weighted by Crippen LogP contribution is -2.23. The van der Waals surface area contributed by atoms with Crippen molar-refractivity contribution in [3.05, 3.63) is 28.8 Å². The summed E-state index contributed by atoms with van der Waals surface area (Å²) in [7, 11) is 1.44. The molecule has 23 heavy (non-hydrogen) atoms. The van der Waals surface area contributed by atoms with Gasteiger partial charge in [-0.2, -0.15) is 22.6 Å². The van der Waals surface area contributed by atoms with Gasteiger partial charge in [0.05, 0.1) is 19.3 Å². The van der Waals surface area contributed by atoms with Crippen LogP contribution in [-0.4, -0.2) is 40.4 Å². The summed E-state index contributed by atoms with van der Waals surface area (Å²) in [5, 5.41) is 9.75. The van der Waals surface area contributed by atoms with Gasteiger partial charge in [-0.1, -0.05) is 0 Å². The predicted molar refractivity (Wildman–Crippen MR) is 73.4 cm³/mol. The van der Waals surface area contributed by atoms with Crippen molar-refractivity contribution in [3.8, 4) is 11.8 Å². The maximum atomic E-state index is 12.0. The van der Waals surface area contributed by atoms with Gasteiger partial charge in [0.1, 0.15) is 4.88 Å². The van der Waals surface area contributed by atoms with Crippen LogP contribution in [0.1, 0.15) is 15.4 Å². The smallest absolute Gasteiger partial charge is 0.422 e. The first kappa shape index (κ1) is 16.9. The third-order valence-corrected chi connectivity index (χ3v) is 3.20. The number of hydrogen-bond acceptors (Lipinski definition) is 7. The van der Waals surface area contributed by atoms with E-state index >= 15 is 0 Å². The molecule has 1 N–H and O–H groups in total. The summed E-state index contributed by atoms with van der Waals surface area (Å²) in [6.45, 7) is -1.38. The summed E-state index contributed by atoms with van der Waals surface area (Å²) >= 11 is 0.979. The summed E-state index contributed by atoms with van der Waals surface area (Å²) < 4.78 is 49.1. The van der Waals surface area contributed by atoms with E-state index in [1.807, 2.05) is 0 Å². The molecular formula is C12H11F3N4O3S. The van der Waals surface area contributed by atoms with Gasteiger partial charge in [0.25, 0.3) is 5.91 Å². The summed E-state index contributed by atoms with van der Waals surface area (Å²) in [5.74, 6) is -0.277. The minimum atomic E-state index is -4.44. The molecule has 0 saturated carbocycles. The number of halogens is 3. The Morgan fingerprint density at radius 3 is 2.65 bits per heavy atom. The van der Waals surface area contributed by atoms with Crippen LogP contribution in [0.2, 0.25) is 0 Å². The number of methoxy groups -OCH3 is 1. The van der Waals surface area contributed by atoms with Gasteiger partial charge in [-0.25, -0.2) is 0 Å². The van der Waals surface area contributed by atoms with E-state index in [1.54, 1.807) is 0 Å². The molecule has 0 atom stereocenters. The highest BCUT2D eigenvalue weighted by atomic mass is 32.1. The number of carbonyl (C=O) groups is 1. The Morgan fingerprint density at radius 1 is 1.30 bits per heavy atom. The molecule has 0 saturated heterocycles. The van der Waals surface area contributed by atoms with Crippen LogP contribution in [0.4, 0.5) is 13.2 Å². The van der Waals surface area contributed by atoms with E-state index in [1.165, 1.54) is 25.3 Å². The predicted octanol–water partition coefficient (Wildman–Crippen LogP) is 1.81. The molecule has 0 unspecified atom stereocenters. The van der Waals surface area contributed by atoms with Crippen LogP contribution in [-0.2, 0) is 6.54 Å². The van der Waals surface area contributed by atoms with Crippen molar-refractivity contribution in [1.29, 1.82) is 0 Å². The molecule has 0 fully saturated rings. The number of hydrogen-bond donors (Lipinski definition) is 1. The van der Waals surface area contributed by atoms with E-state index in [9.17, 15) is 18.0 Å². The van der Waals surface area contributed by atoms with Crippen molar-refractivity contribution in [1.82, 2.24) is 19.9 Å². The molecule has 2 heterocycles. The number of nitrogens with zero attached hydrogens (tertiary/aromatic N) is 3. The van der Waals surface area contributed by atoms with Gasteiger partial charge >= 0.3 is 6.18 Å². The van der Waals surface area contributed by atoms with Crippen molar-refractivity contribution in [2.45, 2.75) is 12.7 Å². The first-order valence-electron chi connectivity index (χ1n) is 6.18. The Bertz CT molecular complexity index is 660. The Hall–Kier alpha value is -2.43. The lowest BCUT2D eigenvalue weighted by atomic mass is 10.3. The number of aromatic nitrogens is 3. The Labute approximate surface area is 132 Å². The normalized spacial score (nSPS) is 11.1. The standard InChI is InChI=1S/C12H11F3N4O3S/c1-21-10-4-8(23-19-10)11(20)16-5-7-2-3-9(18-17-7)22-6-12(13,14)15/h2-4H,5-6H2,1H3,(H,16,20). The lowest BCUT2D eigenvalue weighted by molar-refractivity contribution is -0.154. The minimum absolute atomic E-state index is 0.0611. The van der Waals surface area contributed by atoms with E-state index in [0.717, 1.165) is 11.5 Å². The van der Waals surface area contributed by atoms with Crippen molar-refractivity contribution in [2.75, 3.05) is 13.7 Å². The fraction of sp³-hybridized carbons (Fsp3) is 0.333. The van der Waals surface area contributed by atoms with Crippen molar-refractivity contribution in [2.24, 2.45) is 0 Å². The molecule has 2 aromatic heterocycles. The third-order valence-electron chi connectivity index (χ3n) is 2.43. The fourth-order valence-electron chi connectivity index (χ4n) is 1.39. The number of nitrogens with one attached hydrogen (secondary N) is 1. The maximum absolute atomic E-state index is 12.0. The molecule has 0 spiro atoms. The van der Waals surface area contributed by atoms with Crippen LogP contribution < -0.4 is 14.8 Å². The summed E-state index contributed by atoms with van der Waals surface area (Å²) in [5.41, 5.74) is 0.370. The number of alkyl halides is 3. The molecule has 0 aromatic carbocycles. The maximum Gasteiger partial charge on any atom is 0.422 e. The van der Waals surface area contributed by atoms with Crippen LogP contribution in [0.3, 0.4) is 0 Å². The van der Waals surface area contributed by atoms with E-state index in [-0.39, 0.29) is 18.3 Å². The van der Waals surface area contributed by atoms with Crippen LogP contribution >= 0.6 is 11.5 Å². The van der Waals surface area contributed by atoms with Crippen molar-refractivity contribution >= 4 is 17.4 Å². The Balaban J connectivity index is 1.85. The average molecular weight is 348 g/mol.